The highest BCUT2D eigenvalue weighted by atomic mass is 19.1. The Morgan fingerprint density at radius 2 is 2.38 bits per heavy atom. The van der Waals surface area contributed by atoms with E-state index in [4.69, 9.17) is 10.4 Å². The Morgan fingerprint density at radius 1 is 1.62 bits per heavy atom. The average molecular weight is 177 g/mol. The third-order valence-corrected chi connectivity index (χ3v) is 1.49. The molecule has 1 rings (SSSR count). The molecule has 1 aromatic rings. The Kier molecular flexibility index (Phi) is 3.18. The van der Waals surface area contributed by atoms with Gasteiger partial charge in [-0.2, -0.15) is 5.26 Å². The molecular formula is C10H8FNO. The van der Waals surface area contributed by atoms with Crippen LogP contribution in [0.5, 0.6) is 0 Å². The molecule has 0 bridgehead atoms. The number of halogens is 1. The maximum Gasteiger partial charge on any atom is 0.126 e. The second-order valence-corrected chi connectivity index (χ2v) is 2.49. The van der Waals surface area contributed by atoms with Crippen LogP contribution in [0.1, 0.15) is 11.1 Å². The van der Waals surface area contributed by atoms with Crippen molar-refractivity contribution in [2.45, 2.75) is 0 Å². The lowest BCUT2D eigenvalue weighted by Gasteiger charge is -1.94. The topological polar surface area (TPSA) is 44.0 Å². The van der Waals surface area contributed by atoms with Gasteiger partial charge in [-0.1, -0.05) is 12.1 Å². The average Bonchev–Trinajstić information content (AvgIpc) is 2.18. The highest BCUT2D eigenvalue weighted by Gasteiger charge is 1.94. The van der Waals surface area contributed by atoms with Crippen molar-refractivity contribution < 1.29 is 9.50 Å². The van der Waals surface area contributed by atoms with Crippen molar-refractivity contribution in [3.63, 3.8) is 0 Å². The second-order valence-electron chi connectivity index (χ2n) is 2.49. The summed E-state index contributed by atoms with van der Waals surface area (Å²) in [6.45, 7) is -0.614. The normalized spacial score (nSPS) is 11.0. The van der Waals surface area contributed by atoms with Gasteiger partial charge in [0.05, 0.1) is 18.2 Å². The summed E-state index contributed by atoms with van der Waals surface area (Å²) in [5.41, 5.74) is 1.05. The lowest BCUT2D eigenvalue weighted by Crippen LogP contribution is -1.82. The minimum absolute atomic E-state index is 0.472. The van der Waals surface area contributed by atoms with Crippen molar-refractivity contribution in [2.24, 2.45) is 0 Å². The van der Waals surface area contributed by atoms with Crippen LogP contribution in [0, 0.1) is 11.3 Å². The van der Waals surface area contributed by atoms with E-state index >= 15 is 0 Å². The van der Waals surface area contributed by atoms with Gasteiger partial charge in [-0.15, -0.1) is 0 Å². The molecule has 0 amide bonds. The lowest BCUT2D eigenvalue weighted by atomic mass is 10.1. The van der Waals surface area contributed by atoms with Crippen LogP contribution in [0.2, 0.25) is 0 Å². The molecule has 0 heterocycles. The standard InChI is InChI=1S/C10H8FNO/c11-10(7-13)5-8-2-1-3-9(4-8)6-12/h1-5,13H,7H2. The van der Waals surface area contributed by atoms with Crippen molar-refractivity contribution in [3.05, 3.63) is 41.2 Å². The molecule has 2 nitrogen and oxygen atoms in total. The van der Waals surface area contributed by atoms with Crippen molar-refractivity contribution in [3.8, 4) is 6.07 Å². The number of aliphatic hydroxyl groups excluding tert-OH is 1. The molecule has 0 aliphatic heterocycles. The van der Waals surface area contributed by atoms with E-state index < -0.39 is 12.4 Å². The first-order chi connectivity index (χ1) is 6.26. The van der Waals surface area contributed by atoms with E-state index in [1.807, 2.05) is 6.07 Å². The number of benzene rings is 1. The van der Waals surface area contributed by atoms with Gasteiger partial charge in [0.2, 0.25) is 0 Å². The van der Waals surface area contributed by atoms with Crippen molar-refractivity contribution in [1.29, 1.82) is 5.26 Å². The van der Waals surface area contributed by atoms with E-state index in [9.17, 15) is 4.39 Å². The van der Waals surface area contributed by atoms with Crippen molar-refractivity contribution >= 4 is 6.08 Å². The Morgan fingerprint density at radius 3 is 3.00 bits per heavy atom. The zero-order valence-electron chi connectivity index (χ0n) is 6.87. The minimum Gasteiger partial charge on any atom is -0.389 e. The molecular weight excluding hydrogens is 169 g/mol. The van der Waals surface area contributed by atoms with E-state index in [1.54, 1.807) is 24.3 Å². The maximum absolute atomic E-state index is 12.6. The van der Waals surface area contributed by atoms with Crippen LogP contribution in [-0.2, 0) is 0 Å². The fourth-order valence-electron chi connectivity index (χ4n) is 0.924. The summed E-state index contributed by atoms with van der Waals surface area (Å²) in [5, 5.41) is 17.0. The number of nitriles is 1. The van der Waals surface area contributed by atoms with Gasteiger partial charge in [0.25, 0.3) is 0 Å². The number of nitrogens with zero attached hydrogens (tertiary/aromatic N) is 1. The third kappa shape index (κ3) is 2.69. The number of rotatable bonds is 2. The van der Waals surface area contributed by atoms with Crippen LogP contribution in [0.25, 0.3) is 6.08 Å². The summed E-state index contributed by atoms with van der Waals surface area (Å²) < 4.78 is 12.6. The van der Waals surface area contributed by atoms with Crippen LogP contribution in [0.15, 0.2) is 30.1 Å². The van der Waals surface area contributed by atoms with Gasteiger partial charge in [-0.05, 0) is 23.8 Å². The zero-order valence-corrected chi connectivity index (χ0v) is 6.87. The van der Waals surface area contributed by atoms with Crippen molar-refractivity contribution in [1.82, 2.24) is 0 Å². The Labute approximate surface area is 75.6 Å². The first kappa shape index (κ1) is 9.43. The highest BCUT2D eigenvalue weighted by Crippen LogP contribution is 2.09. The zero-order chi connectivity index (χ0) is 9.68. The highest BCUT2D eigenvalue weighted by molar-refractivity contribution is 5.53. The molecule has 0 aliphatic rings. The fraction of sp³-hybridized carbons (Fsp3) is 0.100. The molecule has 13 heavy (non-hydrogen) atoms. The van der Waals surface area contributed by atoms with E-state index in [0.29, 0.717) is 11.1 Å². The minimum atomic E-state index is -0.616. The van der Waals surface area contributed by atoms with Crippen LogP contribution >= 0.6 is 0 Å². The summed E-state index contributed by atoms with van der Waals surface area (Å²) in [7, 11) is 0. The Hall–Kier alpha value is -1.66. The summed E-state index contributed by atoms with van der Waals surface area (Å²) in [5.74, 6) is -0.616. The van der Waals surface area contributed by atoms with Gasteiger partial charge in [-0.3, -0.25) is 0 Å². The summed E-state index contributed by atoms with van der Waals surface area (Å²) in [6.07, 6.45) is 1.20. The van der Waals surface area contributed by atoms with E-state index in [1.165, 1.54) is 6.08 Å². The summed E-state index contributed by atoms with van der Waals surface area (Å²) in [4.78, 5) is 0. The van der Waals surface area contributed by atoms with E-state index in [2.05, 4.69) is 0 Å². The van der Waals surface area contributed by atoms with E-state index in [-0.39, 0.29) is 0 Å². The smallest absolute Gasteiger partial charge is 0.126 e. The van der Waals surface area contributed by atoms with Crippen LogP contribution in [-0.4, -0.2) is 11.7 Å². The monoisotopic (exact) mass is 177 g/mol. The van der Waals surface area contributed by atoms with Gasteiger partial charge in [0.15, 0.2) is 0 Å². The molecule has 1 N–H and O–H groups in total. The molecule has 0 aliphatic carbocycles. The maximum atomic E-state index is 12.6. The quantitative estimate of drug-likeness (QED) is 0.749. The van der Waals surface area contributed by atoms with Gasteiger partial charge in [-0.25, -0.2) is 4.39 Å². The SMILES string of the molecule is N#Cc1cccc(C=C(F)CO)c1. The van der Waals surface area contributed by atoms with Gasteiger partial charge in [0, 0.05) is 0 Å². The molecule has 0 atom stereocenters. The van der Waals surface area contributed by atoms with Crippen molar-refractivity contribution in [2.75, 3.05) is 6.61 Å². The van der Waals surface area contributed by atoms with E-state index in [0.717, 1.165) is 0 Å². The first-order valence-electron chi connectivity index (χ1n) is 3.73. The molecule has 0 spiro atoms. The Bertz CT molecular complexity index is 365. The van der Waals surface area contributed by atoms with Gasteiger partial charge < -0.3 is 5.11 Å². The fourth-order valence-corrected chi connectivity index (χ4v) is 0.924. The second kappa shape index (κ2) is 4.39. The molecule has 0 unspecified atom stereocenters. The molecule has 0 radical (unpaired) electrons. The largest absolute Gasteiger partial charge is 0.389 e. The van der Waals surface area contributed by atoms with Crippen LogP contribution in [0.4, 0.5) is 4.39 Å². The summed E-state index contributed by atoms with van der Waals surface area (Å²) >= 11 is 0. The third-order valence-electron chi connectivity index (χ3n) is 1.49. The van der Waals surface area contributed by atoms with Crippen LogP contribution < -0.4 is 0 Å². The molecule has 0 saturated carbocycles. The lowest BCUT2D eigenvalue weighted by molar-refractivity contribution is 0.300. The van der Waals surface area contributed by atoms with Crippen LogP contribution in [0.3, 0.4) is 0 Å². The summed E-state index contributed by atoms with van der Waals surface area (Å²) in [6, 6.07) is 8.45. The van der Waals surface area contributed by atoms with Gasteiger partial charge >= 0.3 is 0 Å². The molecule has 66 valence electrons. The molecule has 0 fully saturated rings. The molecule has 0 saturated heterocycles. The first-order valence-corrected chi connectivity index (χ1v) is 3.73. The molecule has 3 heteroatoms. The predicted octanol–water partition coefficient (Wildman–Crippen LogP) is 1.86. The Balaban J connectivity index is 2.97. The molecule has 1 aromatic carbocycles. The molecule has 0 aromatic heterocycles. The number of hydrogen-bond acceptors (Lipinski definition) is 2. The number of aliphatic hydroxyl groups is 1. The predicted molar refractivity (Wildman–Crippen MR) is 47.3 cm³/mol. The number of hydrogen-bond donors (Lipinski definition) is 1. The van der Waals surface area contributed by atoms with Gasteiger partial charge in [0.1, 0.15) is 5.83 Å².